The molecule has 0 aromatic heterocycles. The molecule has 5 heteroatoms. The van der Waals surface area contributed by atoms with Crippen molar-refractivity contribution in [2.45, 2.75) is 31.3 Å². The van der Waals surface area contributed by atoms with Crippen molar-refractivity contribution in [3.05, 3.63) is 60.2 Å². The quantitative estimate of drug-likeness (QED) is 0.862. The van der Waals surface area contributed by atoms with E-state index in [0.29, 0.717) is 6.54 Å². The molecule has 0 heterocycles. The van der Waals surface area contributed by atoms with E-state index in [9.17, 15) is 8.42 Å². The number of hydrogen-bond donors (Lipinski definition) is 2. The number of sulfonamides is 1. The second kappa shape index (κ2) is 6.74. The van der Waals surface area contributed by atoms with Gasteiger partial charge in [-0.25, -0.2) is 13.1 Å². The fraction of sp³-hybridized carbons (Fsp3) is 0.250. The van der Waals surface area contributed by atoms with Crippen LogP contribution in [-0.4, -0.2) is 14.5 Å². The van der Waals surface area contributed by atoms with Gasteiger partial charge in [0, 0.05) is 18.3 Å². The van der Waals surface area contributed by atoms with Gasteiger partial charge in [0.1, 0.15) is 0 Å². The summed E-state index contributed by atoms with van der Waals surface area (Å²) in [6, 6.07) is 16.7. The third kappa shape index (κ3) is 4.58. The van der Waals surface area contributed by atoms with Crippen LogP contribution in [0.3, 0.4) is 0 Å². The lowest BCUT2D eigenvalue weighted by Crippen LogP contribution is -2.30. The minimum atomic E-state index is -3.42. The van der Waals surface area contributed by atoms with E-state index in [4.69, 9.17) is 0 Å². The van der Waals surface area contributed by atoms with Crippen molar-refractivity contribution in [2.24, 2.45) is 0 Å². The van der Waals surface area contributed by atoms with Gasteiger partial charge in [0.15, 0.2) is 0 Å². The van der Waals surface area contributed by atoms with Gasteiger partial charge in [-0.3, -0.25) is 0 Å². The first-order valence-electron chi connectivity index (χ1n) is 6.87. The second-order valence-electron chi connectivity index (χ2n) is 5.14. The van der Waals surface area contributed by atoms with Crippen molar-refractivity contribution in [3.63, 3.8) is 0 Å². The fourth-order valence-electron chi connectivity index (χ4n) is 1.93. The summed E-state index contributed by atoms with van der Waals surface area (Å²) in [5, 5.41) is 3.27. The lowest BCUT2D eigenvalue weighted by molar-refractivity contribution is 0.570. The molecule has 0 saturated heterocycles. The van der Waals surface area contributed by atoms with Crippen LogP contribution < -0.4 is 10.0 Å². The third-order valence-corrected chi connectivity index (χ3v) is 4.57. The predicted molar refractivity (Wildman–Crippen MR) is 85.7 cm³/mol. The Bertz CT molecular complexity index is 665. The number of rotatable bonds is 6. The lowest BCUT2D eigenvalue weighted by atomic mass is 10.2. The summed E-state index contributed by atoms with van der Waals surface area (Å²) in [7, 11) is -3.42. The minimum Gasteiger partial charge on any atom is -0.381 e. The molecule has 4 nitrogen and oxygen atoms in total. The first-order valence-corrected chi connectivity index (χ1v) is 8.36. The first kappa shape index (κ1) is 15.5. The normalized spacial score (nSPS) is 11.6. The number of anilines is 1. The van der Waals surface area contributed by atoms with Crippen molar-refractivity contribution >= 4 is 15.7 Å². The van der Waals surface area contributed by atoms with E-state index < -0.39 is 10.0 Å². The first-order chi connectivity index (χ1) is 9.97. The van der Waals surface area contributed by atoms with E-state index >= 15 is 0 Å². The maximum Gasteiger partial charge on any atom is 0.240 e. The van der Waals surface area contributed by atoms with E-state index in [1.165, 1.54) is 5.56 Å². The third-order valence-electron chi connectivity index (χ3n) is 2.89. The largest absolute Gasteiger partial charge is 0.381 e. The molecule has 0 radical (unpaired) electrons. The zero-order chi connectivity index (χ0) is 15.3. The molecule has 0 bridgehead atoms. The van der Waals surface area contributed by atoms with Crippen molar-refractivity contribution in [1.29, 1.82) is 0 Å². The van der Waals surface area contributed by atoms with Crippen LogP contribution in [0.1, 0.15) is 19.4 Å². The summed E-state index contributed by atoms with van der Waals surface area (Å²) in [5.41, 5.74) is 2.07. The molecule has 21 heavy (non-hydrogen) atoms. The highest BCUT2D eigenvalue weighted by molar-refractivity contribution is 7.89. The molecule has 0 aliphatic carbocycles. The average Bonchev–Trinajstić information content (AvgIpc) is 2.45. The number of nitrogens with one attached hydrogen (secondary N) is 2. The zero-order valence-corrected chi connectivity index (χ0v) is 13.0. The Morgan fingerprint density at radius 2 is 1.57 bits per heavy atom. The Kier molecular flexibility index (Phi) is 4.98. The molecule has 0 atom stereocenters. The Hall–Kier alpha value is -1.85. The summed E-state index contributed by atoms with van der Waals surface area (Å²) in [4.78, 5) is 0.279. The van der Waals surface area contributed by atoms with Gasteiger partial charge in [0.2, 0.25) is 10.0 Å². The highest BCUT2D eigenvalue weighted by Gasteiger charge is 2.14. The predicted octanol–water partition coefficient (Wildman–Crippen LogP) is 2.99. The van der Waals surface area contributed by atoms with Crippen LogP contribution in [0, 0.1) is 0 Å². The lowest BCUT2D eigenvalue weighted by Gasteiger charge is -2.11. The molecule has 2 N–H and O–H groups in total. The molecule has 0 fully saturated rings. The molecule has 2 aromatic rings. The standard InChI is InChI=1S/C16H20N2O2S/c1-13(2)18-21(19,20)16-10-8-15(9-11-16)17-12-14-6-4-3-5-7-14/h3-11,13,17-18H,12H2,1-2H3. The summed E-state index contributed by atoms with van der Waals surface area (Å²) in [6.07, 6.45) is 0. The summed E-state index contributed by atoms with van der Waals surface area (Å²) >= 11 is 0. The van der Waals surface area contributed by atoms with E-state index in [1.54, 1.807) is 38.1 Å². The number of hydrogen-bond acceptors (Lipinski definition) is 3. The van der Waals surface area contributed by atoms with Crippen LogP contribution in [0.2, 0.25) is 0 Å². The SMILES string of the molecule is CC(C)NS(=O)(=O)c1ccc(NCc2ccccc2)cc1. The Morgan fingerprint density at radius 1 is 0.952 bits per heavy atom. The Balaban J connectivity index is 2.02. The smallest absolute Gasteiger partial charge is 0.240 e. The maximum atomic E-state index is 12.0. The molecule has 0 spiro atoms. The molecule has 0 amide bonds. The van der Waals surface area contributed by atoms with E-state index in [2.05, 4.69) is 10.0 Å². The monoisotopic (exact) mass is 304 g/mol. The van der Waals surface area contributed by atoms with Gasteiger partial charge in [0.05, 0.1) is 4.90 Å². The van der Waals surface area contributed by atoms with Crippen LogP contribution in [0.5, 0.6) is 0 Å². The minimum absolute atomic E-state index is 0.120. The van der Waals surface area contributed by atoms with Gasteiger partial charge in [-0.2, -0.15) is 0 Å². The van der Waals surface area contributed by atoms with Crippen LogP contribution >= 0.6 is 0 Å². The Morgan fingerprint density at radius 3 is 2.14 bits per heavy atom. The second-order valence-corrected chi connectivity index (χ2v) is 6.85. The molecular weight excluding hydrogens is 284 g/mol. The van der Waals surface area contributed by atoms with Crippen LogP contribution in [-0.2, 0) is 16.6 Å². The molecule has 112 valence electrons. The van der Waals surface area contributed by atoms with Gasteiger partial charge in [0.25, 0.3) is 0 Å². The van der Waals surface area contributed by atoms with Crippen molar-refractivity contribution < 1.29 is 8.42 Å². The fourth-order valence-corrected chi connectivity index (χ4v) is 3.18. The zero-order valence-electron chi connectivity index (χ0n) is 12.2. The van der Waals surface area contributed by atoms with Gasteiger partial charge >= 0.3 is 0 Å². The van der Waals surface area contributed by atoms with Gasteiger partial charge in [-0.05, 0) is 43.7 Å². The van der Waals surface area contributed by atoms with Crippen LogP contribution in [0.4, 0.5) is 5.69 Å². The van der Waals surface area contributed by atoms with Crippen LogP contribution in [0.15, 0.2) is 59.5 Å². The van der Waals surface area contributed by atoms with Gasteiger partial charge < -0.3 is 5.32 Å². The summed E-state index contributed by atoms with van der Waals surface area (Å²) in [6.45, 7) is 4.30. The van der Waals surface area contributed by atoms with Crippen molar-refractivity contribution in [2.75, 3.05) is 5.32 Å². The molecule has 2 aromatic carbocycles. The van der Waals surface area contributed by atoms with E-state index in [0.717, 1.165) is 5.69 Å². The Labute approximate surface area is 126 Å². The molecule has 0 saturated carbocycles. The van der Waals surface area contributed by atoms with Gasteiger partial charge in [-0.1, -0.05) is 30.3 Å². The summed E-state index contributed by atoms with van der Waals surface area (Å²) < 4.78 is 26.6. The highest BCUT2D eigenvalue weighted by atomic mass is 32.2. The maximum absolute atomic E-state index is 12.0. The molecule has 0 unspecified atom stereocenters. The summed E-state index contributed by atoms with van der Waals surface area (Å²) in [5.74, 6) is 0. The van der Waals surface area contributed by atoms with Crippen molar-refractivity contribution in [3.8, 4) is 0 Å². The topological polar surface area (TPSA) is 58.2 Å². The molecular formula is C16H20N2O2S. The number of benzene rings is 2. The molecule has 0 aliphatic heterocycles. The highest BCUT2D eigenvalue weighted by Crippen LogP contribution is 2.15. The van der Waals surface area contributed by atoms with Crippen LogP contribution in [0.25, 0.3) is 0 Å². The average molecular weight is 304 g/mol. The van der Waals surface area contributed by atoms with E-state index in [1.807, 2.05) is 30.3 Å². The van der Waals surface area contributed by atoms with Gasteiger partial charge in [-0.15, -0.1) is 0 Å². The van der Waals surface area contributed by atoms with E-state index in [-0.39, 0.29) is 10.9 Å². The molecule has 2 rings (SSSR count). The molecule has 0 aliphatic rings. The van der Waals surface area contributed by atoms with Crippen molar-refractivity contribution in [1.82, 2.24) is 4.72 Å².